The number of imide groups is 1. The van der Waals surface area contributed by atoms with Crippen molar-refractivity contribution in [3.63, 3.8) is 0 Å². The molecule has 1 fully saturated rings. The maximum atomic E-state index is 12.6. The highest BCUT2D eigenvalue weighted by atomic mass is 16.2. The molecule has 0 saturated carbocycles. The van der Waals surface area contributed by atoms with Crippen LogP contribution in [0, 0.1) is 0 Å². The van der Waals surface area contributed by atoms with Crippen LogP contribution in [0.4, 0.5) is 0 Å². The Kier molecular flexibility index (Phi) is 2.55. The summed E-state index contributed by atoms with van der Waals surface area (Å²) in [4.78, 5) is 37.4. The topological polar surface area (TPSA) is 54.5 Å². The van der Waals surface area contributed by atoms with Gasteiger partial charge in [-0.1, -0.05) is 24.3 Å². The van der Waals surface area contributed by atoms with Crippen LogP contribution in [-0.4, -0.2) is 29.5 Å². The lowest BCUT2D eigenvalue weighted by atomic mass is 9.65. The highest BCUT2D eigenvalue weighted by Gasteiger charge is 2.50. The molecule has 3 rings (SSSR count). The molecular formula is C15H15NO3. The quantitative estimate of drug-likeness (QED) is 0.664. The average molecular weight is 257 g/mol. The zero-order valence-corrected chi connectivity index (χ0v) is 10.8. The second kappa shape index (κ2) is 4.02. The fraction of sp³-hybridized carbons (Fsp3) is 0.400. The number of nitrogens with zero attached hydrogens (tertiary/aromatic N) is 1. The predicted molar refractivity (Wildman–Crippen MR) is 68.7 cm³/mol. The zero-order chi connectivity index (χ0) is 13.6. The molecule has 0 N–H and O–H groups in total. The normalized spacial score (nSPS) is 26.8. The van der Waals surface area contributed by atoms with Crippen molar-refractivity contribution in [3.8, 4) is 0 Å². The van der Waals surface area contributed by atoms with Crippen molar-refractivity contribution in [2.45, 2.75) is 31.1 Å². The highest BCUT2D eigenvalue weighted by Crippen LogP contribution is 2.44. The molecule has 0 bridgehead atoms. The van der Waals surface area contributed by atoms with Gasteiger partial charge >= 0.3 is 0 Å². The van der Waals surface area contributed by atoms with E-state index >= 15 is 0 Å². The van der Waals surface area contributed by atoms with Crippen LogP contribution in [0.1, 0.15) is 41.6 Å². The van der Waals surface area contributed by atoms with Gasteiger partial charge in [0.2, 0.25) is 11.8 Å². The van der Waals surface area contributed by atoms with Crippen LogP contribution in [0.15, 0.2) is 24.3 Å². The average Bonchev–Trinajstić information content (AvgIpc) is 2.44. The van der Waals surface area contributed by atoms with E-state index in [1.807, 2.05) is 18.2 Å². The Hall–Kier alpha value is -1.97. The lowest BCUT2D eigenvalue weighted by Gasteiger charge is -2.42. The molecule has 1 heterocycles. The fourth-order valence-electron chi connectivity index (χ4n) is 3.25. The summed E-state index contributed by atoms with van der Waals surface area (Å²) in [6, 6.07) is 7.30. The molecular weight excluding hydrogens is 242 g/mol. The first-order valence-electron chi connectivity index (χ1n) is 6.50. The molecule has 1 spiro atoms. The molecule has 2 aliphatic rings. The zero-order valence-electron chi connectivity index (χ0n) is 10.8. The lowest BCUT2D eigenvalue weighted by molar-refractivity contribution is -0.152. The number of likely N-dealkylation sites (N-methyl/N-ethyl adjacent to an activating group) is 1. The Morgan fingerprint density at radius 3 is 2.53 bits per heavy atom. The summed E-state index contributed by atoms with van der Waals surface area (Å²) in [6.07, 6.45) is 1.77. The summed E-state index contributed by atoms with van der Waals surface area (Å²) in [5.41, 5.74) is 0.771. The largest absolute Gasteiger partial charge is 0.294 e. The van der Waals surface area contributed by atoms with E-state index in [1.165, 1.54) is 11.9 Å². The van der Waals surface area contributed by atoms with E-state index in [4.69, 9.17) is 0 Å². The van der Waals surface area contributed by atoms with Crippen LogP contribution in [0.2, 0.25) is 0 Å². The minimum absolute atomic E-state index is 0.0913. The van der Waals surface area contributed by atoms with Crippen LogP contribution >= 0.6 is 0 Å². The van der Waals surface area contributed by atoms with Gasteiger partial charge in [0.25, 0.3) is 0 Å². The van der Waals surface area contributed by atoms with Gasteiger partial charge in [0, 0.05) is 25.5 Å². The maximum Gasteiger partial charge on any atom is 0.239 e. The van der Waals surface area contributed by atoms with Crippen molar-refractivity contribution in [3.05, 3.63) is 35.4 Å². The first-order chi connectivity index (χ1) is 9.06. The molecule has 0 radical (unpaired) electrons. The Morgan fingerprint density at radius 2 is 1.74 bits per heavy atom. The molecule has 0 aromatic heterocycles. The minimum atomic E-state index is -0.673. The number of carbonyl (C=O) groups is 3. The number of rotatable bonds is 0. The summed E-state index contributed by atoms with van der Waals surface area (Å²) in [5.74, 6) is -0.206. The molecule has 4 heteroatoms. The second-order valence-electron chi connectivity index (χ2n) is 5.31. The van der Waals surface area contributed by atoms with Gasteiger partial charge in [0.1, 0.15) is 0 Å². The van der Waals surface area contributed by atoms with Gasteiger partial charge in [-0.05, 0) is 18.4 Å². The number of benzene rings is 1. The van der Waals surface area contributed by atoms with Gasteiger partial charge in [0.15, 0.2) is 5.78 Å². The maximum absolute atomic E-state index is 12.6. The van der Waals surface area contributed by atoms with Crippen molar-refractivity contribution in [2.24, 2.45) is 0 Å². The third-order valence-electron chi connectivity index (χ3n) is 4.38. The highest BCUT2D eigenvalue weighted by molar-refractivity contribution is 6.08. The first kappa shape index (κ1) is 12.1. The molecule has 19 heavy (non-hydrogen) atoms. The van der Waals surface area contributed by atoms with Crippen molar-refractivity contribution in [1.82, 2.24) is 4.90 Å². The van der Waals surface area contributed by atoms with Crippen LogP contribution in [-0.2, 0) is 15.0 Å². The number of likely N-dealkylation sites (tertiary alicyclic amines) is 1. The van der Waals surface area contributed by atoms with Gasteiger partial charge < -0.3 is 0 Å². The smallest absolute Gasteiger partial charge is 0.239 e. The molecule has 1 atom stereocenters. The molecule has 1 aliphatic heterocycles. The van der Waals surface area contributed by atoms with E-state index < -0.39 is 5.41 Å². The van der Waals surface area contributed by atoms with Gasteiger partial charge in [-0.3, -0.25) is 19.3 Å². The van der Waals surface area contributed by atoms with Crippen molar-refractivity contribution < 1.29 is 14.4 Å². The Labute approximate surface area is 111 Å². The van der Waals surface area contributed by atoms with Crippen molar-refractivity contribution >= 4 is 17.6 Å². The minimum Gasteiger partial charge on any atom is -0.294 e. The molecule has 2 amide bonds. The van der Waals surface area contributed by atoms with Crippen LogP contribution in [0.5, 0.6) is 0 Å². The van der Waals surface area contributed by atoms with Crippen molar-refractivity contribution in [1.29, 1.82) is 0 Å². The fourth-order valence-corrected chi connectivity index (χ4v) is 3.25. The number of Topliss-reactive ketones (excluding diaryl/α,β-unsaturated/α-hetero) is 1. The van der Waals surface area contributed by atoms with E-state index in [0.717, 1.165) is 5.56 Å². The molecule has 1 saturated heterocycles. The first-order valence-corrected chi connectivity index (χ1v) is 6.50. The molecule has 1 aromatic carbocycles. The number of carbonyl (C=O) groups excluding carboxylic acids is 3. The van der Waals surface area contributed by atoms with E-state index in [0.29, 0.717) is 31.2 Å². The monoisotopic (exact) mass is 257 g/mol. The number of hydrogen-bond acceptors (Lipinski definition) is 3. The van der Waals surface area contributed by atoms with Crippen molar-refractivity contribution in [2.75, 3.05) is 7.05 Å². The van der Waals surface area contributed by atoms with Crippen LogP contribution in [0.25, 0.3) is 0 Å². The molecule has 1 unspecified atom stereocenters. The molecule has 1 aromatic rings. The summed E-state index contributed by atoms with van der Waals surface area (Å²) < 4.78 is 0. The standard InChI is InChI=1S/C15H15NO3/c1-16-13(18)7-9-15(14(16)19)8-6-12(17)10-4-2-3-5-11(10)15/h2-5H,6-9H2,1H3. The summed E-state index contributed by atoms with van der Waals surface area (Å²) in [7, 11) is 1.53. The third kappa shape index (κ3) is 1.56. The van der Waals surface area contributed by atoms with E-state index in [9.17, 15) is 14.4 Å². The second-order valence-corrected chi connectivity index (χ2v) is 5.31. The summed E-state index contributed by atoms with van der Waals surface area (Å²) >= 11 is 0. The number of fused-ring (bicyclic) bond motifs is 2. The SMILES string of the molecule is CN1C(=O)CCC2(CCC(=O)c3ccccc32)C1=O. The van der Waals surface area contributed by atoms with Gasteiger partial charge in [-0.2, -0.15) is 0 Å². The van der Waals surface area contributed by atoms with Gasteiger partial charge in [-0.25, -0.2) is 0 Å². The van der Waals surface area contributed by atoms with Gasteiger partial charge in [0.05, 0.1) is 5.41 Å². The molecule has 98 valence electrons. The molecule has 1 aliphatic carbocycles. The number of amides is 2. The Morgan fingerprint density at radius 1 is 1.05 bits per heavy atom. The number of ketones is 1. The Balaban J connectivity index is 2.16. The van der Waals surface area contributed by atoms with Crippen LogP contribution in [0.3, 0.4) is 0 Å². The van der Waals surface area contributed by atoms with E-state index in [2.05, 4.69) is 0 Å². The third-order valence-corrected chi connectivity index (χ3v) is 4.38. The molecule has 4 nitrogen and oxygen atoms in total. The van der Waals surface area contributed by atoms with E-state index in [1.54, 1.807) is 6.07 Å². The number of piperidine rings is 1. The summed E-state index contributed by atoms with van der Waals surface area (Å²) in [5, 5.41) is 0. The van der Waals surface area contributed by atoms with Crippen LogP contribution < -0.4 is 0 Å². The number of hydrogen-bond donors (Lipinski definition) is 0. The van der Waals surface area contributed by atoms with Gasteiger partial charge in [-0.15, -0.1) is 0 Å². The lowest BCUT2D eigenvalue weighted by Crippen LogP contribution is -2.54. The summed E-state index contributed by atoms with van der Waals surface area (Å²) in [6.45, 7) is 0. The Bertz CT molecular complexity index is 593. The van der Waals surface area contributed by atoms with E-state index in [-0.39, 0.29) is 17.6 Å². The predicted octanol–water partition coefficient (Wildman–Crippen LogP) is 1.68.